The number of hydrogen-bond donors (Lipinski definition) is 1. The quantitative estimate of drug-likeness (QED) is 0.833. The number of likely N-dealkylation sites (N-methyl/N-ethyl adjacent to an activating group) is 1. The summed E-state index contributed by atoms with van der Waals surface area (Å²) in [5, 5.41) is 3.63. The fourth-order valence-electron chi connectivity index (χ4n) is 3.30. The van der Waals surface area contributed by atoms with Crippen LogP contribution < -0.4 is 10.1 Å². The molecule has 2 aliphatic heterocycles. The van der Waals surface area contributed by atoms with Gasteiger partial charge in [-0.2, -0.15) is 0 Å². The van der Waals surface area contributed by atoms with Gasteiger partial charge < -0.3 is 15.0 Å². The molecule has 3 rings (SSSR count). The van der Waals surface area contributed by atoms with Gasteiger partial charge in [0, 0.05) is 19.0 Å². The van der Waals surface area contributed by atoms with Crippen LogP contribution in [0.4, 0.5) is 0 Å². The van der Waals surface area contributed by atoms with E-state index in [2.05, 4.69) is 35.5 Å². The molecule has 0 aromatic heterocycles. The SMILES string of the molecule is CN1CCCCC1CNCCc1ccc2c(c1)CCO2. The summed E-state index contributed by atoms with van der Waals surface area (Å²) in [5.74, 6) is 1.09. The lowest BCUT2D eigenvalue weighted by Crippen LogP contribution is -2.43. The summed E-state index contributed by atoms with van der Waals surface area (Å²) >= 11 is 0. The van der Waals surface area contributed by atoms with Crippen LogP contribution in [0.15, 0.2) is 18.2 Å². The van der Waals surface area contributed by atoms with Crippen LogP contribution in [-0.2, 0) is 12.8 Å². The number of benzene rings is 1. The van der Waals surface area contributed by atoms with Gasteiger partial charge in [0.1, 0.15) is 5.75 Å². The van der Waals surface area contributed by atoms with Crippen LogP contribution in [0.2, 0.25) is 0 Å². The van der Waals surface area contributed by atoms with E-state index < -0.39 is 0 Å². The van der Waals surface area contributed by atoms with E-state index in [-0.39, 0.29) is 0 Å². The van der Waals surface area contributed by atoms with E-state index in [4.69, 9.17) is 4.74 Å². The second-order valence-electron chi connectivity index (χ2n) is 6.12. The van der Waals surface area contributed by atoms with Gasteiger partial charge in [-0.25, -0.2) is 0 Å². The van der Waals surface area contributed by atoms with Gasteiger partial charge in [-0.15, -0.1) is 0 Å². The third kappa shape index (κ3) is 3.33. The Morgan fingerprint density at radius 1 is 1.35 bits per heavy atom. The fourth-order valence-corrected chi connectivity index (χ4v) is 3.30. The number of ether oxygens (including phenoxy) is 1. The molecule has 3 heteroatoms. The third-order valence-electron chi connectivity index (χ3n) is 4.65. The zero-order chi connectivity index (χ0) is 13.8. The molecule has 0 radical (unpaired) electrons. The molecule has 3 nitrogen and oxygen atoms in total. The summed E-state index contributed by atoms with van der Waals surface area (Å²) in [6.07, 6.45) is 6.29. The summed E-state index contributed by atoms with van der Waals surface area (Å²) in [6.45, 7) is 4.32. The highest BCUT2D eigenvalue weighted by atomic mass is 16.5. The maximum Gasteiger partial charge on any atom is 0.122 e. The van der Waals surface area contributed by atoms with Crippen molar-refractivity contribution in [2.45, 2.75) is 38.1 Å². The minimum Gasteiger partial charge on any atom is -0.493 e. The van der Waals surface area contributed by atoms with Crippen LogP contribution in [0.1, 0.15) is 30.4 Å². The molecule has 2 heterocycles. The Bertz CT molecular complexity index is 447. The van der Waals surface area contributed by atoms with Crippen molar-refractivity contribution in [3.05, 3.63) is 29.3 Å². The van der Waals surface area contributed by atoms with Crippen molar-refractivity contribution in [2.24, 2.45) is 0 Å². The average Bonchev–Trinajstić information content (AvgIpc) is 2.93. The van der Waals surface area contributed by atoms with Crippen LogP contribution >= 0.6 is 0 Å². The average molecular weight is 274 g/mol. The molecule has 110 valence electrons. The zero-order valence-electron chi connectivity index (χ0n) is 12.5. The monoisotopic (exact) mass is 274 g/mol. The summed E-state index contributed by atoms with van der Waals surface area (Å²) in [5.41, 5.74) is 2.81. The first-order valence-electron chi connectivity index (χ1n) is 7.98. The van der Waals surface area contributed by atoms with Gasteiger partial charge in [-0.05, 0) is 56.6 Å². The van der Waals surface area contributed by atoms with E-state index in [1.165, 1.54) is 36.9 Å². The highest BCUT2D eigenvalue weighted by Crippen LogP contribution is 2.25. The van der Waals surface area contributed by atoms with Gasteiger partial charge >= 0.3 is 0 Å². The summed E-state index contributed by atoms with van der Waals surface area (Å²) < 4.78 is 5.55. The van der Waals surface area contributed by atoms with Crippen molar-refractivity contribution in [3.8, 4) is 5.75 Å². The fraction of sp³-hybridized carbons (Fsp3) is 0.647. The van der Waals surface area contributed by atoms with Gasteiger partial charge in [0.05, 0.1) is 6.61 Å². The predicted molar refractivity (Wildman–Crippen MR) is 82.5 cm³/mol. The highest BCUT2D eigenvalue weighted by Gasteiger charge is 2.18. The van der Waals surface area contributed by atoms with Gasteiger partial charge in [0.15, 0.2) is 0 Å². The Morgan fingerprint density at radius 3 is 3.20 bits per heavy atom. The van der Waals surface area contributed by atoms with E-state index in [1.807, 2.05) is 0 Å². The predicted octanol–water partition coefficient (Wildman–Crippen LogP) is 2.24. The first-order chi connectivity index (χ1) is 9.83. The van der Waals surface area contributed by atoms with Crippen molar-refractivity contribution in [1.82, 2.24) is 10.2 Å². The zero-order valence-corrected chi connectivity index (χ0v) is 12.5. The number of likely N-dealkylation sites (tertiary alicyclic amines) is 1. The van der Waals surface area contributed by atoms with Gasteiger partial charge in [0.2, 0.25) is 0 Å². The standard InChI is InChI=1S/C17H26N2O/c1-19-10-3-2-4-16(19)13-18-9-7-14-5-6-17-15(12-14)8-11-20-17/h5-6,12,16,18H,2-4,7-11,13H2,1H3. The first kappa shape index (κ1) is 13.9. The smallest absolute Gasteiger partial charge is 0.122 e. The molecule has 20 heavy (non-hydrogen) atoms. The number of hydrogen-bond acceptors (Lipinski definition) is 3. The van der Waals surface area contributed by atoms with Gasteiger partial charge in [-0.1, -0.05) is 18.6 Å². The van der Waals surface area contributed by atoms with Crippen molar-refractivity contribution in [2.75, 3.05) is 33.3 Å². The molecule has 0 spiro atoms. The number of rotatable bonds is 5. The lowest BCUT2D eigenvalue weighted by molar-refractivity contribution is 0.182. The maximum absolute atomic E-state index is 5.55. The van der Waals surface area contributed by atoms with Crippen molar-refractivity contribution >= 4 is 0 Å². The lowest BCUT2D eigenvalue weighted by atomic mass is 10.0. The summed E-state index contributed by atoms with van der Waals surface area (Å²) in [6, 6.07) is 7.39. The van der Waals surface area contributed by atoms with Gasteiger partial charge in [0.25, 0.3) is 0 Å². The second-order valence-corrected chi connectivity index (χ2v) is 6.12. The maximum atomic E-state index is 5.55. The molecule has 1 aromatic rings. The number of nitrogens with one attached hydrogen (secondary N) is 1. The van der Waals surface area contributed by atoms with E-state index in [1.54, 1.807) is 0 Å². The Balaban J connectivity index is 1.41. The molecule has 0 aliphatic carbocycles. The third-order valence-corrected chi connectivity index (χ3v) is 4.65. The molecular weight excluding hydrogens is 248 g/mol. The van der Waals surface area contributed by atoms with Crippen LogP contribution in [-0.4, -0.2) is 44.2 Å². The summed E-state index contributed by atoms with van der Waals surface area (Å²) in [7, 11) is 2.26. The Kier molecular flexibility index (Phi) is 4.58. The largest absolute Gasteiger partial charge is 0.493 e. The summed E-state index contributed by atoms with van der Waals surface area (Å²) in [4.78, 5) is 2.50. The molecule has 1 saturated heterocycles. The minimum atomic E-state index is 0.733. The van der Waals surface area contributed by atoms with Gasteiger partial charge in [-0.3, -0.25) is 0 Å². The molecule has 1 unspecified atom stereocenters. The molecule has 1 aromatic carbocycles. The molecule has 1 atom stereocenters. The normalized spacial score (nSPS) is 22.6. The van der Waals surface area contributed by atoms with Crippen molar-refractivity contribution in [3.63, 3.8) is 0 Å². The first-order valence-corrected chi connectivity index (χ1v) is 7.98. The van der Waals surface area contributed by atoms with Crippen LogP contribution in [0.25, 0.3) is 0 Å². The van der Waals surface area contributed by atoms with E-state index in [0.29, 0.717) is 0 Å². The number of nitrogens with zero attached hydrogens (tertiary/aromatic N) is 1. The Labute approximate surface area is 122 Å². The highest BCUT2D eigenvalue weighted by molar-refractivity contribution is 5.39. The van der Waals surface area contributed by atoms with Crippen molar-refractivity contribution in [1.29, 1.82) is 0 Å². The van der Waals surface area contributed by atoms with E-state index >= 15 is 0 Å². The molecule has 1 fully saturated rings. The number of piperidine rings is 1. The minimum absolute atomic E-state index is 0.733. The molecule has 1 N–H and O–H groups in total. The van der Waals surface area contributed by atoms with E-state index in [0.717, 1.165) is 44.3 Å². The topological polar surface area (TPSA) is 24.5 Å². The molecular formula is C17H26N2O. The molecule has 0 saturated carbocycles. The lowest BCUT2D eigenvalue weighted by Gasteiger charge is -2.32. The molecule has 2 aliphatic rings. The second kappa shape index (κ2) is 6.59. The Morgan fingerprint density at radius 2 is 2.30 bits per heavy atom. The Hall–Kier alpha value is -1.06. The van der Waals surface area contributed by atoms with E-state index in [9.17, 15) is 0 Å². The van der Waals surface area contributed by atoms with Crippen molar-refractivity contribution < 1.29 is 4.74 Å². The molecule has 0 amide bonds. The van der Waals surface area contributed by atoms with Crippen LogP contribution in [0.3, 0.4) is 0 Å². The van der Waals surface area contributed by atoms with Crippen LogP contribution in [0.5, 0.6) is 5.75 Å². The van der Waals surface area contributed by atoms with Crippen LogP contribution in [0, 0.1) is 0 Å². The number of fused-ring (bicyclic) bond motifs is 1. The molecule has 0 bridgehead atoms.